The van der Waals surface area contributed by atoms with Crippen molar-refractivity contribution < 1.29 is 0 Å². The fourth-order valence-corrected chi connectivity index (χ4v) is 9.51. The highest BCUT2D eigenvalue weighted by atomic mass is 14.7. The van der Waals surface area contributed by atoms with E-state index in [1.54, 1.807) is 0 Å². The number of pyridine rings is 1. The number of nitrogens with zero attached hydrogens (tertiary/aromatic N) is 1. The minimum atomic E-state index is -0.513. The molecule has 0 fully saturated rings. The maximum atomic E-state index is 5.29. The molecule has 0 bridgehead atoms. The smallest absolute Gasteiger partial charge is 0.0719 e. The van der Waals surface area contributed by atoms with E-state index in [2.05, 4.69) is 237 Å². The number of hydrogen-bond donors (Lipinski definition) is 0. The summed E-state index contributed by atoms with van der Waals surface area (Å²) < 4.78 is 0. The summed E-state index contributed by atoms with van der Waals surface area (Å²) in [4.78, 5) is 5.29. The van der Waals surface area contributed by atoms with Gasteiger partial charge < -0.3 is 0 Å². The van der Waals surface area contributed by atoms with Gasteiger partial charge in [-0.25, -0.2) is 4.98 Å². The van der Waals surface area contributed by atoms with Crippen molar-refractivity contribution in [1.82, 2.24) is 4.98 Å². The van der Waals surface area contributed by atoms with Gasteiger partial charge in [-0.15, -0.1) is 0 Å². The molecule has 0 radical (unpaired) electrons. The Bertz CT molecular complexity index is 3090. The molecule has 1 heterocycles. The van der Waals surface area contributed by atoms with Gasteiger partial charge in [0, 0.05) is 11.1 Å². The fourth-order valence-electron chi connectivity index (χ4n) is 9.51. The second kappa shape index (κ2) is 14.4. The Morgan fingerprint density at radius 1 is 0.305 bits per heavy atom. The highest BCUT2D eigenvalue weighted by molar-refractivity contribution is 6.07. The molecule has 0 saturated heterocycles. The minimum Gasteiger partial charge on any atom is -0.248 e. The zero-order valence-corrected chi connectivity index (χ0v) is 32.5. The summed E-state index contributed by atoms with van der Waals surface area (Å²) >= 11 is 0. The van der Waals surface area contributed by atoms with Crippen molar-refractivity contribution in [2.45, 2.75) is 5.41 Å². The van der Waals surface area contributed by atoms with Crippen LogP contribution in [0.2, 0.25) is 0 Å². The van der Waals surface area contributed by atoms with E-state index in [9.17, 15) is 0 Å². The molecular formula is C58H39N. The Labute approximate surface area is 345 Å². The first-order chi connectivity index (χ1) is 29.3. The molecule has 10 aromatic rings. The van der Waals surface area contributed by atoms with Gasteiger partial charge in [0.2, 0.25) is 0 Å². The lowest BCUT2D eigenvalue weighted by Crippen LogP contribution is -2.28. The van der Waals surface area contributed by atoms with Gasteiger partial charge in [0.1, 0.15) is 0 Å². The van der Waals surface area contributed by atoms with Crippen LogP contribution < -0.4 is 0 Å². The van der Waals surface area contributed by atoms with E-state index in [1.165, 1.54) is 66.4 Å². The fraction of sp³-hybridized carbons (Fsp3) is 0.0172. The third kappa shape index (κ3) is 5.82. The average Bonchev–Trinajstić information content (AvgIpc) is 3.64. The van der Waals surface area contributed by atoms with E-state index in [-0.39, 0.29) is 0 Å². The molecule has 11 rings (SSSR count). The first-order valence-corrected chi connectivity index (χ1v) is 20.4. The summed E-state index contributed by atoms with van der Waals surface area (Å²) in [6.07, 6.45) is 0. The standard InChI is InChI=1S/C58H39N/c1-5-19-40(20-6-1)42-24-18-27-46(36-42)55-39-47(38-54(59-55)41-21-7-2-8-22-41)43-25-17-26-44(35-43)52-37-45-23-13-14-32-50(45)57-56(52)51-33-15-16-34-53(51)58(57,48-28-9-3-10-29-48)49-30-11-4-12-31-49/h1-39H. The molecule has 0 unspecified atom stereocenters. The molecule has 1 nitrogen and oxygen atoms in total. The van der Waals surface area contributed by atoms with Crippen LogP contribution in [-0.4, -0.2) is 4.98 Å². The predicted molar refractivity (Wildman–Crippen MR) is 246 cm³/mol. The first kappa shape index (κ1) is 34.6. The van der Waals surface area contributed by atoms with Gasteiger partial charge in [-0.3, -0.25) is 0 Å². The van der Waals surface area contributed by atoms with E-state index >= 15 is 0 Å². The monoisotopic (exact) mass is 749 g/mol. The Balaban J connectivity index is 1.15. The highest BCUT2D eigenvalue weighted by Crippen LogP contribution is 2.60. The molecule has 0 aliphatic heterocycles. The number of fused-ring (bicyclic) bond motifs is 5. The second-order valence-corrected chi connectivity index (χ2v) is 15.4. The van der Waals surface area contributed by atoms with Crippen LogP contribution in [0.3, 0.4) is 0 Å². The van der Waals surface area contributed by atoms with Crippen LogP contribution in [0.4, 0.5) is 0 Å². The number of benzene rings is 9. The maximum absolute atomic E-state index is 5.29. The Morgan fingerprint density at radius 2 is 0.797 bits per heavy atom. The second-order valence-electron chi connectivity index (χ2n) is 15.4. The van der Waals surface area contributed by atoms with Crippen LogP contribution in [-0.2, 0) is 5.41 Å². The molecule has 0 atom stereocenters. The van der Waals surface area contributed by atoms with E-state index in [4.69, 9.17) is 4.98 Å². The lowest BCUT2D eigenvalue weighted by Gasteiger charge is -2.35. The molecule has 1 aromatic heterocycles. The molecule has 1 aliphatic carbocycles. The molecular weight excluding hydrogens is 711 g/mol. The van der Waals surface area contributed by atoms with Crippen LogP contribution in [0.25, 0.3) is 77.8 Å². The lowest BCUT2D eigenvalue weighted by molar-refractivity contribution is 0.775. The summed E-state index contributed by atoms with van der Waals surface area (Å²) in [7, 11) is 0. The Kier molecular flexibility index (Phi) is 8.45. The van der Waals surface area contributed by atoms with E-state index < -0.39 is 5.41 Å². The zero-order chi connectivity index (χ0) is 39.2. The quantitative estimate of drug-likeness (QED) is 0.158. The first-order valence-electron chi connectivity index (χ1n) is 20.4. The lowest BCUT2D eigenvalue weighted by atomic mass is 9.66. The van der Waals surface area contributed by atoms with Crippen molar-refractivity contribution >= 4 is 10.8 Å². The molecule has 0 N–H and O–H groups in total. The van der Waals surface area contributed by atoms with Crippen molar-refractivity contribution in [3.63, 3.8) is 0 Å². The van der Waals surface area contributed by atoms with Crippen LogP contribution in [0.1, 0.15) is 22.3 Å². The summed E-state index contributed by atoms with van der Waals surface area (Å²) in [5, 5.41) is 2.50. The van der Waals surface area contributed by atoms with Gasteiger partial charge in [0.05, 0.1) is 16.8 Å². The molecule has 0 amide bonds. The van der Waals surface area contributed by atoms with Gasteiger partial charge >= 0.3 is 0 Å². The van der Waals surface area contributed by atoms with Crippen molar-refractivity contribution in [2.75, 3.05) is 0 Å². The molecule has 276 valence electrons. The summed E-state index contributed by atoms with van der Waals surface area (Å²) in [5.74, 6) is 0. The maximum Gasteiger partial charge on any atom is 0.0719 e. The average molecular weight is 750 g/mol. The molecule has 0 spiro atoms. The summed E-state index contributed by atoms with van der Waals surface area (Å²) in [6, 6.07) is 86.1. The molecule has 9 aromatic carbocycles. The van der Waals surface area contributed by atoms with E-state index in [1.807, 2.05) is 0 Å². The Hall–Kier alpha value is -7.61. The molecule has 1 heteroatoms. The molecule has 0 saturated carbocycles. The minimum absolute atomic E-state index is 0.513. The SMILES string of the molecule is c1ccc(-c2cccc(-c3cc(-c4cccc(-c5cc6ccccc6c6c5-c5ccccc5C6(c5ccccc5)c5ccccc5)c4)cc(-c4ccccc4)n3)c2)cc1. The molecule has 59 heavy (non-hydrogen) atoms. The Morgan fingerprint density at radius 3 is 1.49 bits per heavy atom. The van der Waals surface area contributed by atoms with Crippen molar-refractivity contribution in [3.05, 3.63) is 259 Å². The summed E-state index contributed by atoms with van der Waals surface area (Å²) in [6.45, 7) is 0. The molecule has 1 aliphatic rings. The van der Waals surface area contributed by atoms with Crippen molar-refractivity contribution in [1.29, 1.82) is 0 Å². The normalized spacial score (nSPS) is 12.5. The van der Waals surface area contributed by atoms with Gasteiger partial charge in [0.15, 0.2) is 0 Å². The van der Waals surface area contributed by atoms with Gasteiger partial charge in [-0.05, 0) is 108 Å². The van der Waals surface area contributed by atoms with Crippen molar-refractivity contribution in [3.8, 4) is 67.0 Å². The van der Waals surface area contributed by atoms with Crippen LogP contribution in [0.15, 0.2) is 237 Å². The largest absolute Gasteiger partial charge is 0.248 e. The number of hydrogen-bond acceptors (Lipinski definition) is 1. The highest BCUT2D eigenvalue weighted by Gasteiger charge is 2.48. The third-order valence-corrected chi connectivity index (χ3v) is 12.1. The zero-order valence-electron chi connectivity index (χ0n) is 32.5. The van der Waals surface area contributed by atoms with E-state index in [0.717, 1.165) is 33.6 Å². The summed E-state index contributed by atoms with van der Waals surface area (Å²) in [5.41, 5.74) is 18.4. The van der Waals surface area contributed by atoms with Gasteiger partial charge in [0.25, 0.3) is 0 Å². The van der Waals surface area contributed by atoms with Gasteiger partial charge in [-0.2, -0.15) is 0 Å². The van der Waals surface area contributed by atoms with Crippen molar-refractivity contribution in [2.24, 2.45) is 0 Å². The third-order valence-electron chi connectivity index (χ3n) is 12.1. The number of rotatable bonds is 7. The van der Waals surface area contributed by atoms with E-state index in [0.29, 0.717) is 0 Å². The van der Waals surface area contributed by atoms with Crippen LogP contribution >= 0.6 is 0 Å². The van der Waals surface area contributed by atoms with Crippen LogP contribution in [0.5, 0.6) is 0 Å². The van der Waals surface area contributed by atoms with Crippen LogP contribution in [0, 0.1) is 0 Å². The topological polar surface area (TPSA) is 12.9 Å². The number of aromatic nitrogens is 1. The van der Waals surface area contributed by atoms with Gasteiger partial charge in [-0.1, -0.05) is 206 Å². The predicted octanol–water partition coefficient (Wildman–Crippen LogP) is 14.9.